The highest BCUT2D eigenvalue weighted by Gasteiger charge is 2.35. The van der Waals surface area contributed by atoms with E-state index in [0.717, 1.165) is 45.2 Å². The first-order valence-electron chi connectivity index (χ1n) is 7.87. The summed E-state index contributed by atoms with van der Waals surface area (Å²) >= 11 is 0. The number of rotatable bonds is 5. The predicted molar refractivity (Wildman–Crippen MR) is 77.9 cm³/mol. The lowest BCUT2D eigenvalue weighted by Gasteiger charge is -2.33. The molecule has 5 nitrogen and oxygen atoms in total. The maximum absolute atomic E-state index is 12.0. The summed E-state index contributed by atoms with van der Waals surface area (Å²) < 4.78 is 0. The van der Waals surface area contributed by atoms with Gasteiger partial charge in [0.2, 0.25) is 11.8 Å². The van der Waals surface area contributed by atoms with Crippen LogP contribution < -0.4 is 11.1 Å². The zero-order chi connectivity index (χ0) is 14.7. The molecule has 0 spiro atoms. The van der Waals surface area contributed by atoms with Gasteiger partial charge in [0.1, 0.15) is 0 Å². The number of hydrogen-bond acceptors (Lipinski definition) is 3. The zero-order valence-electron chi connectivity index (χ0n) is 12.6. The average Bonchev–Trinajstić information content (AvgIpc) is 3.30. The van der Waals surface area contributed by atoms with Gasteiger partial charge in [-0.2, -0.15) is 0 Å². The molecule has 3 N–H and O–H groups in total. The molecular formula is C15H27N3O2. The zero-order valence-corrected chi connectivity index (χ0v) is 12.6. The fourth-order valence-electron chi connectivity index (χ4n) is 2.64. The van der Waals surface area contributed by atoms with Crippen LogP contribution in [0.4, 0.5) is 0 Å². The minimum atomic E-state index is -0.425. The summed E-state index contributed by atoms with van der Waals surface area (Å²) in [5.41, 5.74) is 5.94. The van der Waals surface area contributed by atoms with Crippen LogP contribution in [0.25, 0.3) is 0 Å². The number of hydrogen-bond donors (Lipinski definition) is 2. The quantitative estimate of drug-likeness (QED) is 0.785. The van der Waals surface area contributed by atoms with E-state index in [1.165, 1.54) is 0 Å². The molecule has 114 valence electrons. The lowest BCUT2D eigenvalue weighted by Crippen LogP contribution is -2.52. The van der Waals surface area contributed by atoms with Crippen molar-refractivity contribution in [3.63, 3.8) is 0 Å². The Morgan fingerprint density at radius 1 is 1.25 bits per heavy atom. The number of likely N-dealkylation sites (tertiary alicyclic amines) is 1. The molecule has 0 bridgehead atoms. The minimum Gasteiger partial charge on any atom is -0.352 e. The summed E-state index contributed by atoms with van der Waals surface area (Å²) in [5, 5.41) is 3.04. The SMILES string of the molecule is CCC(C)C(N)C(=O)NC1CCN(C(=O)C2CC2)CC1. The first-order chi connectivity index (χ1) is 9.52. The third-order valence-corrected chi connectivity index (χ3v) is 4.64. The maximum Gasteiger partial charge on any atom is 0.237 e. The molecule has 2 rings (SSSR count). The van der Waals surface area contributed by atoms with Gasteiger partial charge in [-0.05, 0) is 31.6 Å². The van der Waals surface area contributed by atoms with Crippen molar-refractivity contribution in [1.29, 1.82) is 0 Å². The van der Waals surface area contributed by atoms with Gasteiger partial charge in [0.15, 0.2) is 0 Å². The molecule has 0 aromatic carbocycles. The Morgan fingerprint density at radius 2 is 1.85 bits per heavy atom. The molecule has 1 heterocycles. The van der Waals surface area contributed by atoms with Gasteiger partial charge in [-0.3, -0.25) is 9.59 Å². The Kier molecular flexibility index (Phi) is 5.02. The van der Waals surface area contributed by atoms with Gasteiger partial charge in [0, 0.05) is 25.0 Å². The van der Waals surface area contributed by atoms with Gasteiger partial charge in [0.05, 0.1) is 6.04 Å². The Bertz CT molecular complexity index is 360. The van der Waals surface area contributed by atoms with Crippen LogP contribution in [0.1, 0.15) is 46.0 Å². The minimum absolute atomic E-state index is 0.0497. The second-order valence-electron chi connectivity index (χ2n) is 6.29. The van der Waals surface area contributed by atoms with E-state index >= 15 is 0 Å². The van der Waals surface area contributed by atoms with Crippen LogP contribution in [0.15, 0.2) is 0 Å². The Balaban J connectivity index is 1.73. The van der Waals surface area contributed by atoms with Crippen LogP contribution in [-0.2, 0) is 9.59 Å². The Morgan fingerprint density at radius 3 is 2.35 bits per heavy atom. The van der Waals surface area contributed by atoms with Gasteiger partial charge in [-0.1, -0.05) is 20.3 Å². The van der Waals surface area contributed by atoms with Crippen LogP contribution in [-0.4, -0.2) is 41.9 Å². The van der Waals surface area contributed by atoms with E-state index in [0.29, 0.717) is 11.8 Å². The third kappa shape index (κ3) is 3.72. The molecule has 20 heavy (non-hydrogen) atoms. The predicted octanol–water partition coefficient (Wildman–Crippen LogP) is 0.877. The van der Waals surface area contributed by atoms with Gasteiger partial charge < -0.3 is 16.0 Å². The van der Waals surface area contributed by atoms with Crippen LogP contribution in [0.3, 0.4) is 0 Å². The third-order valence-electron chi connectivity index (χ3n) is 4.64. The molecule has 1 saturated carbocycles. The van der Waals surface area contributed by atoms with E-state index < -0.39 is 6.04 Å². The van der Waals surface area contributed by atoms with Crippen molar-refractivity contribution in [2.75, 3.05) is 13.1 Å². The Hall–Kier alpha value is -1.10. The molecule has 2 atom stereocenters. The lowest BCUT2D eigenvalue weighted by atomic mass is 9.98. The molecule has 2 aliphatic rings. The van der Waals surface area contributed by atoms with E-state index in [-0.39, 0.29) is 17.9 Å². The van der Waals surface area contributed by atoms with Crippen LogP contribution in [0, 0.1) is 11.8 Å². The van der Waals surface area contributed by atoms with Gasteiger partial charge in [-0.15, -0.1) is 0 Å². The first kappa shape index (κ1) is 15.3. The summed E-state index contributed by atoms with van der Waals surface area (Å²) in [7, 11) is 0. The van der Waals surface area contributed by atoms with Crippen LogP contribution >= 0.6 is 0 Å². The fraction of sp³-hybridized carbons (Fsp3) is 0.867. The van der Waals surface area contributed by atoms with Crippen molar-refractivity contribution in [1.82, 2.24) is 10.2 Å². The molecule has 2 unspecified atom stereocenters. The molecule has 0 aromatic rings. The van der Waals surface area contributed by atoms with Crippen molar-refractivity contribution in [3.05, 3.63) is 0 Å². The number of piperidine rings is 1. The van der Waals surface area contributed by atoms with Crippen molar-refractivity contribution in [2.45, 2.75) is 58.0 Å². The monoisotopic (exact) mass is 281 g/mol. The van der Waals surface area contributed by atoms with Crippen molar-refractivity contribution >= 4 is 11.8 Å². The molecule has 1 aliphatic carbocycles. The van der Waals surface area contributed by atoms with Crippen molar-refractivity contribution < 1.29 is 9.59 Å². The van der Waals surface area contributed by atoms with Gasteiger partial charge in [-0.25, -0.2) is 0 Å². The number of nitrogens with two attached hydrogens (primary N) is 1. The smallest absolute Gasteiger partial charge is 0.237 e. The van der Waals surface area contributed by atoms with Crippen LogP contribution in [0.5, 0.6) is 0 Å². The lowest BCUT2D eigenvalue weighted by molar-refractivity contribution is -0.133. The highest BCUT2D eigenvalue weighted by atomic mass is 16.2. The van der Waals surface area contributed by atoms with E-state index in [1.807, 2.05) is 18.7 Å². The molecule has 2 fully saturated rings. The average molecular weight is 281 g/mol. The summed E-state index contributed by atoms with van der Waals surface area (Å²) in [5.74, 6) is 0.754. The molecule has 0 radical (unpaired) electrons. The number of nitrogens with zero attached hydrogens (tertiary/aromatic N) is 1. The van der Waals surface area contributed by atoms with Crippen molar-refractivity contribution in [3.8, 4) is 0 Å². The maximum atomic E-state index is 12.0. The summed E-state index contributed by atoms with van der Waals surface area (Å²) in [6.45, 7) is 5.57. The fourth-order valence-corrected chi connectivity index (χ4v) is 2.64. The number of carbonyl (C=O) groups excluding carboxylic acids is 2. The number of nitrogens with one attached hydrogen (secondary N) is 1. The van der Waals surface area contributed by atoms with E-state index in [1.54, 1.807) is 0 Å². The normalized spacial score (nSPS) is 23.2. The van der Waals surface area contributed by atoms with Crippen molar-refractivity contribution in [2.24, 2.45) is 17.6 Å². The summed E-state index contributed by atoms with van der Waals surface area (Å²) in [6.07, 6.45) is 4.70. The molecule has 0 aromatic heterocycles. The summed E-state index contributed by atoms with van der Waals surface area (Å²) in [4.78, 5) is 25.9. The standard InChI is InChI=1S/C15H27N3O2/c1-3-10(2)13(16)14(19)17-12-6-8-18(9-7-12)15(20)11-4-5-11/h10-13H,3-9,16H2,1-2H3,(H,17,19). The number of amides is 2. The molecule has 1 saturated heterocycles. The largest absolute Gasteiger partial charge is 0.352 e. The Labute approximate surface area is 121 Å². The van der Waals surface area contributed by atoms with Gasteiger partial charge >= 0.3 is 0 Å². The molecule has 5 heteroatoms. The summed E-state index contributed by atoms with van der Waals surface area (Å²) in [6, 6.07) is -0.257. The molecule has 2 amide bonds. The second kappa shape index (κ2) is 6.57. The topological polar surface area (TPSA) is 75.4 Å². The van der Waals surface area contributed by atoms with E-state index in [4.69, 9.17) is 5.73 Å². The molecule has 1 aliphatic heterocycles. The number of carbonyl (C=O) groups is 2. The second-order valence-corrected chi connectivity index (χ2v) is 6.29. The first-order valence-corrected chi connectivity index (χ1v) is 7.87. The highest BCUT2D eigenvalue weighted by molar-refractivity contribution is 5.82. The van der Waals surface area contributed by atoms with Gasteiger partial charge in [0.25, 0.3) is 0 Å². The highest BCUT2D eigenvalue weighted by Crippen LogP contribution is 2.31. The van der Waals surface area contributed by atoms with Crippen LogP contribution in [0.2, 0.25) is 0 Å². The van der Waals surface area contributed by atoms with E-state index in [2.05, 4.69) is 5.32 Å². The van der Waals surface area contributed by atoms with E-state index in [9.17, 15) is 9.59 Å². The molecular weight excluding hydrogens is 254 g/mol.